The summed E-state index contributed by atoms with van der Waals surface area (Å²) in [6.45, 7) is 6.41. The molecule has 0 saturated heterocycles. The SMILES string of the molecule is CCOC(=O)c1nc(NC2CCCC(C)C2)sc1C. The average Bonchev–Trinajstić information content (AvgIpc) is 2.70. The second kappa shape index (κ2) is 6.37. The summed E-state index contributed by atoms with van der Waals surface area (Å²) >= 11 is 1.54. The van der Waals surface area contributed by atoms with Gasteiger partial charge in [-0.15, -0.1) is 11.3 Å². The summed E-state index contributed by atoms with van der Waals surface area (Å²) in [5.74, 6) is 0.457. The summed E-state index contributed by atoms with van der Waals surface area (Å²) in [6, 6.07) is 0.490. The van der Waals surface area contributed by atoms with E-state index in [4.69, 9.17) is 4.74 Å². The first-order valence-corrected chi connectivity index (χ1v) is 7.83. The third-order valence-corrected chi connectivity index (χ3v) is 4.43. The maximum absolute atomic E-state index is 11.7. The van der Waals surface area contributed by atoms with Crippen molar-refractivity contribution in [3.8, 4) is 0 Å². The van der Waals surface area contributed by atoms with Crippen LogP contribution >= 0.6 is 11.3 Å². The van der Waals surface area contributed by atoms with Crippen LogP contribution in [0.5, 0.6) is 0 Å². The van der Waals surface area contributed by atoms with Crippen LogP contribution in [-0.2, 0) is 4.74 Å². The lowest BCUT2D eigenvalue weighted by molar-refractivity contribution is 0.0519. The number of thiazole rings is 1. The number of esters is 1. The summed E-state index contributed by atoms with van der Waals surface area (Å²) < 4.78 is 5.01. The molecule has 1 aliphatic carbocycles. The van der Waals surface area contributed by atoms with Crippen molar-refractivity contribution in [1.82, 2.24) is 4.98 Å². The van der Waals surface area contributed by atoms with E-state index < -0.39 is 0 Å². The zero-order valence-electron chi connectivity index (χ0n) is 11.9. The van der Waals surface area contributed by atoms with Crippen molar-refractivity contribution >= 4 is 22.4 Å². The van der Waals surface area contributed by atoms with Crippen LogP contribution in [0, 0.1) is 12.8 Å². The van der Waals surface area contributed by atoms with Gasteiger partial charge in [0.25, 0.3) is 0 Å². The van der Waals surface area contributed by atoms with E-state index in [-0.39, 0.29) is 5.97 Å². The largest absolute Gasteiger partial charge is 0.461 e. The summed E-state index contributed by atoms with van der Waals surface area (Å²) in [5.41, 5.74) is 0.457. The highest BCUT2D eigenvalue weighted by molar-refractivity contribution is 7.15. The predicted octanol–water partition coefficient (Wildman–Crippen LogP) is 3.62. The van der Waals surface area contributed by atoms with Crippen LogP contribution in [0.2, 0.25) is 0 Å². The highest BCUT2D eigenvalue weighted by Gasteiger charge is 2.21. The third-order valence-electron chi connectivity index (χ3n) is 3.53. The molecule has 1 saturated carbocycles. The van der Waals surface area contributed by atoms with Crippen LogP contribution in [0.3, 0.4) is 0 Å². The Hall–Kier alpha value is -1.10. The van der Waals surface area contributed by atoms with Gasteiger partial charge >= 0.3 is 5.97 Å². The molecule has 0 radical (unpaired) electrons. The van der Waals surface area contributed by atoms with Crippen molar-refractivity contribution in [3.05, 3.63) is 10.6 Å². The molecule has 2 unspecified atom stereocenters. The number of nitrogens with one attached hydrogen (secondary N) is 1. The topological polar surface area (TPSA) is 51.2 Å². The molecule has 0 amide bonds. The molecule has 19 heavy (non-hydrogen) atoms. The fourth-order valence-electron chi connectivity index (χ4n) is 2.59. The standard InChI is InChI=1S/C14H22N2O2S/c1-4-18-13(17)12-10(3)19-14(16-12)15-11-7-5-6-9(2)8-11/h9,11H,4-8H2,1-3H3,(H,15,16). The zero-order valence-corrected chi connectivity index (χ0v) is 12.7. The monoisotopic (exact) mass is 282 g/mol. The number of ether oxygens (including phenoxy) is 1. The Balaban J connectivity index is 2.01. The highest BCUT2D eigenvalue weighted by Crippen LogP contribution is 2.29. The first-order chi connectivity index (χ1) is 9.10. The Morgan fingerprint density at radius 2 is 2.32 bits per heavy atom. The number of aromatic nitrogens is 1. The summed E-state index contributed by atoms with van der Waals surface area (Å²) in [6.07, 6.45) is 4.97. The number of aryl methyl sites for hydroxylation is 1. The Labute approximate surface area is 118 Å². The van der Waals surface area contributed by atoms with E-state index in [0.717, 1.165) is 15.9 Å². The smallest absolute Gasteiger partial charge is 0.358 e. The molecule has 0 aliphatic heterocycles. The molecular weight excluding hydrogens is 260 g/mol. The van der Waals surface area contributed by atoms with Crippen LogP contribution in [-0.4, -0.2) is 23.6 Å². The van der Waals surface area contributed by atoms with Crippen molar-refractivity contribution in [2.24, 2.45) is 5.92 Å². The molecule has 1 aromatic rings. The van der Waals surface area contributed by atoms with E-state index in [9.17, 15) is 4.79 Å². The number of carbonyl (C=O) groups is 1. The molecule has 0 aromatic carbocycles. The third kappa shape index (κ3) is 3.69. The summed E-state index contributed by atoms with van der Waals surface area (Å²) in [7, 11) is 0. The second-order valence-corrected chi connectivity index (χ2v) is 6.46. The van der Waals surface area contributed by atoms with E-state index >= 15 is 0 Å². The van der Waals surface area contributed by atoms with Gasteiger partial charge in [0.05, 0.1) is 6.61 Å². The predicted molar refractivity (Wildman–Crippen MR) is 77.9 cm³/mol. The molecular formula is C14H22N2O2S. The van der Waals surface area contributed by atoms with Crippen LogP contribution in [0.25, 0.3) is 0 Å². The lowest BCUT2D eigenvalue weighted by atomic mass is 9.87. The number of nitrogens with zero attached hydrogens (tertiary/aromatic N) is 1. The van der Waals surface area contributed by atoms with Gasteiger partial charge in [-0.3, -0.25) is 0 Å². The Morgan fingerprint density at radius 1 is 1.53 bits per heavy atom. The highest BCUT2D eigenvalue weighted by atomic mass is 32.1. The number of hydrogen-bond acceptors (Lipinski definition) is 5. The van der Waals surface area contributed by atoms with E-state index in [2.05, 4.69) is 17.2 Å². The Kier molecular flexibility index (Phi) is 4.80. The molecule has 0 spiro atoms. The van der Waals surface area contributed by atoms with Gasteiger partial charge in [0.1, 0.15) is 0 Å². The number of carbonyl (C=O) groups excluding carboxylic acids is 1. The normalized spacial score (nSPS) is 23.1. The summed E-state index contributed by atoms with van der Waals surface area (Å²) in [4.78, 5) is 17.0. The van der Waals surface area contributed by atoms with Crippen molar-refractivity contribution in [3.63, 3.8) is 0 Å². The van der Waals surface area contributed by atoms with Crippen LogP contribution < -0.4 is 5.32 Å². The fourth-order valence-corrected chi connectivity index (χ4v) is 3.47. The van der Waals surface area contributed by atoms with Crippen molar-refractivity contribution in [1.29, 1.82) is 0 Å². The van der Waals surface area contributed by atoms with Gasteiger partial charge in [0.15, 0.2) is 10.8 Å². The lowest BCUT2D eigenvalue weighted by Gasteiger charge is -2.27. The molecule has 1 heterocycles. The van der Waals surface area contributed by atoms with Crippen LogP contribution in [0.15, 0.2) is 0 Å². The molecule has 0 bridgehead atoms. The van der Waals surface area contributed by atoms with Gasteiger partial charge in [-0.05, 0) is 32.6 Å². The number of hydrogen-bond donors (Lipinski definition) is 1. The number of rotatable bonds is 4. The lowest BCUT2D eigenvalue weighted by Crippen LogP contribution is -2.26. The molecule has 1 N–H and O–H groups in total. The van der Waals surface area contributed by atoms with Crippen molar-refractivity contribution in [2.45, 2.75) is 52.5 Å². The van der Waals surface area contributed by atoms with Crippen molar-refractivity contribution in [2.75, 3.05) is 11.9 Å². The second-order valence-electron chi connectivity index (χ2n) is 5.26. The zero-order chi connectivity index (χ0) is 13.8. The molecule has 4 nitrogen and oxygen atoms in total. The summed E-state index contributed by atoms with van der Waals surface area (Å²) in [5, 5.41) is 4.32. The maximum atomic E-state index is 11.7. The van der Waals surface area contributed by atoms with E-state index in [1.165, 1.54) is 25.7 Å². The van der Waals surface area contributed by atoms with Gasteiger partial charge < -0.3 is 10.1 Å². The minimum Gasteiger partial charge on any atom is -0.461 e. The molecule has 1 aromatic heterocycles. The molecule has 1 aliphatic rings. The first-order valence-electron chi connectivity index (χ1n) is 7.01. The van der Waals surface area contributed by atoms with Crippen LogP contribution in [0.1, 0.15) is 54.9 Å². The molecule has 2 atom stereocenters. The minimum atomic E-state index is -0.318. The Bertz CT molecular complexity index is 445. The van der Waals surface area contributed by atoms with Crippen LogP contribution in [0.4, 0.5) is 5.13 Å². The van der Waals surface area contributed by atoms with Crippen molar-refractivity contribution < 1.29 is 9.53 Å². The van der Waals surface area contributed by atoms with E-state index in [1.54, 1.807) is 11.3 Å². The molecule has 2 rings (SSSR count). The van der Waals surface area contributed by atoms with Gasteiger partial charge in [0, 0.05) is 10.9 Å². The molecule has 1 fully saturated rings. The van der Waals surface area contributed by atoms with E-state index in [0.29, 0.717) is 18.3 Å². The molecule has 5 heteroatoms. The first kappa shape index (κ1) is 14.3. The maximum Gasteiger partial charge on any atom is 0.358 e. The fraction of sp³-hybridized carbons (Fsp3) is 0.714. The van der Waals surface area contributed by atoms with E-state index in [1.807, 2.05) is 13.8 Å². The number of anilines is 1. The minimum absolute atomic E-state index is 0.318. The van der Waals surface area contributed by atoms with Gasteiger partial charge in [-0.2, -0.15) is 0 Å². The Morgan fingerprint density at radius 3 is 3.00 bits per heavy atom. The molecule has 106 valence electrons. The average molecular weight is 282 g/mol. The van der Waals surface area contributed by atoms with Gasteiger partial charge in [0.2, 0.25) is 0 Å². The van der Waals surface area contributed by atoms with Gasteiger partial charge in [-0.25, -0.2) is 9.78 Å². The van der Waals surface area contributed by atoms with Gasteiger partial charge in [-0.1, -0.05) is 19.8 Å². The quantitative estimate of drug-likeness (QED) is 0.857.